The lowest BCUT2D eigenvalue weighted by molar-refractivity contribution is 0.258. The summed E-state index contributed by atoms with van der Waals surface area (Å²) in [6.45, 7) is 35.4. The van der Waals surface area contributed by atoms with Gasteiger partial charge >= 0.3 is 0 Å². The Morgan fingerprint density at radius 1 is 0.944 bits per heavy atom. The highest BCUT2D eigenvalue weighted by molar-refractivity contribution is 6.03. The van der Waals surface area contributed by atoms with Gasteiger partial charge in [0.2, 0.25) is 0 Å². The zero-order chi connectivity index (χ0) is 27.3. The molecule has 2 nitrogen and oxygen atoms in total. The fraction of sp³-hybridized carbons (Fsp3) is 0.559. The van der Waals surface area contributed by atoms with Crippen LogP contribution in [-0.2, 0) is 0 Å². The number of aryl methyl sites for hydroxylation is 1. The second-order valence-corrected chi connectivity index (χ2v) is 10.7. The molecule has 0 aliphatic rings. The molecule has 1 aromatic carbocycles. The predicted molar refractivity (Wildman–Crippen MR) is 165 cm³/mol. The van der Waals surface area contributed by atoms with E-state index in [0.29, 0.717) is 18.4 Å². The summed E-state index contributed by atoms with van der Waals surface area (Å²) in [4.78, 5) is 7.23. The van der Waals surface area contributed by atoms with E-state index in [-0.39, 0.29) is 0 Å². The van der Waals surface area contributed by atoms with Crippen LogP contribution in [0.4, 0.5) is 0 Å². The third-order valence-electron chi connectivity index (χ3n) is 7.21. The van der Waals surface area contributed by atoms with Gasteiger partial charge < -0.3 is 4.90 Å². The molecule has 1 aromatic rings. The van der Waals surface area contributed by atoms with Gasteiger partial charge in [0.05, 0.1) is 6.54 Å². The molecule has 0 aliphatic heterocycles. The zero-order valence-corrected chi connectivity index (χ0v) is 24.7. The summed E-state index contributed by atoms with van der Waals surface area (Å²) in [5.74, 6) is 1.20. The lowest BCUT2D eigenvalue weighted by Crippen LogP contribution is -2.30. The van der Waals surface area contributed by atoms with Crippen molar-refractivity contribution in [2.75, 3.05) is 19.6 Å². The molecule has 1 atom stereocenters. The van der Waals surface area contributed by atoms with Crippen LogP contribution >= 0.6 is 0 Å². The van der Waals surface area contributed by atoms with E-state index in [4.69, 9.17) is 0 Å². The third kappa shape index (κ3) is 9.60. The summed E-state index contributed by atoms with van der Waals surface area (Å²) in [7, 11) is 0. The topological polar surface area (TPSA) is 15.6 Å². The Bertz CT molecular complexity index is 915. The first kappa shape index (κ1) is 31.7. The molecule has 1 rings (SSSR count). The second-order valence-electron chi connectivity index (χ2n) is 10.7. The van der Waals surface area contributed by atoms with Gasteiger partial charge in [0.1, 0.15) is 0 Å². The van der Waals surface area contributed by atoms with Crippen LogP contribution in [0.5, 0.6) is 0 Å². The van der Waals surface area contributed by atoms with E-state index < -0.39 is 0 Å². The first-order valence-electron chi connectivity index (χ1n) is 14.1. The van der Waals surface area contributed by atoms with Crippen LogP contribution in [0, 0.1) is 18.8 Å². The molecule has 2 heteroatoms. The fourth-order valence-corrected chi connectivity index (χ4v) is 5.05. The molecular formula is C34H54N2. The van der Waals surface area contributed by atoms with Crippen molar-refractivity contribution < 1.29 is 0 Å². The average molecular weight is 491 g/mol. The van der Waals surface area contributed by atoms with Crippen LogP contribution in [0.25, 0.3) is 11.1 Å². The number of unbranched alkanes of at least 4 members (excludes halogenated alkanes) is 2. The number of nitrogens with zero attached hydrogens (tertiary/aromatic N) is 2. The number of allylic oxidation sites excluding steroid dienone is 3. The van der Waals surface area contributed by atoms with Gasteiger partial charge in [0.25, 0.3) is 0 Å². The quantitative estimate of drug-likeness (QED) is 0.113. The maximum atomic E-state index is 4.68. The summed E-state index contributed by atoms with van der Waals surface area (Å²) in [6.07, 6.45) is 10.2. The van der Waals surface area contributed by atoms with Crippen molar-refractivity contribution in [1.29, 1.82) is 0 Å². The summed E-state index contributed by atoms with van der Waals surface area (Å²) < 4.78 is 0. The molecule has 0 bridgehead atoms. The van der Waals surface area contributed by atoms with Crippen LogP contribution < -0.4 is 0 Å². The Morgan fingerprint density at radius 3 is 2.19 bits per heavy atom. The number of hydrogen-bond donors (Lipinski definition) is 0. The Morgan fingerprint density at radius 2 is 1.64 bits per heavy atom. The van der Waals surface area contributed by atoms with E-state index >= 15 is 0 Å². The molecule has 0 N–H and O–H groups in total. The standard InChI is InChI=1S/C34H54N2/c1-12-15-16-19-31(25(4)5)30(11)36(21-14-3)22-17-18-27(8)33-24-34(29(10)35-20-13-2)32(26(6)7)23-28(33)9/h13,23-25,31H,2,6,8,11-12,14-22H2,1,3-5,7,9-10H3/t31-/m1/s1. The molecule has 200 valence electrons. The van der Waals surface area contributed by atoms with E-state index in [9.17, 15) is 0 Å². The van der Waals surface area contributed by atoms with Gasteiger partial charge in [0.15, 0.2) is 0 Å². The van der Waals surface area contributed by atoms with Gasteiger partial charge in [-0.25, -0.2) is 0 Å². The van der Waals surface area contributed by atoms with Gasteiger partial charge in [-0.05, 0) is 80.7 Å². The Balaban J connectivity index is 3.01. The summed E-state index contributed by atoms with van der Waals surface area (Å²) >= 11 is 0. The van der Waals surface area contributed by atoms with Gasteiger partial charge in [-0.3, -0.25) is 4.99 Å². The normalized spacial score (nSPS) is 12.5. The molecule has 36 heavy (non-hydrogen) atoms. The summed E-state index contributed by atoms with van der Waals surface area (Å²) in [6, 6.07) is 4.52. The first-order valence-corrected chi connectivity index (χ1v) is 14.1. The lowest BCUT2D eigenvalue weighted by atomic mass is 9.87. The number of hydrogen-bond acceptors (Lipinski definition) is 2. The van der Waals surface area contributed by atoms with Gasteiger partial charge in [-0.15, -0.1) is 6.58 Å². The van der Waals surface area contributed by atoms with Crippen molar-refractivity contribution in [3.8, 4) is 0 Å². The molecule has 0 spiro atoms. The van der Waals surface area contributed by atoms with Crippen molar-refractivity contribution >= 4 is 16.9 Å². The Kier molecular flexibility index (Phi) is 14.4. The highest BCUT2D eigenvalue weighted by atomic mass is 15.1. The largest absolute Gasteiger partial charge is 0.375 e. The monoisotopic (exact) mass is 490 g/mol. The lowest BCUT2D eigenvalue weighted by Gasteiger charge is -2.34. The van der Waals surface area contributed by atoms with Crippen LogP contribution in [0.3, 0.4) is 0 Å². The van der Waals surface area contributed by atoms with Crippen LogP contribution in [-0.4, -0.2) is 30.2 Å². The van der Waals surface area contributed by atoms with E-state index in [1.54, 1.807) is 0 Å². The van der Waals surface area contributed by atoms with E-state index in [1.807, 2.05) is 6.08 Å². The van der Waals surface area contributed by atoms with Crippen molar-refractivity contribution in [2.24, 2.45) is 16.8 Å². The van der Waals surface area contributed by atoms with Gasteiger partial charge in [0, 0.05) is 36.0 Å². The Labute approximate surface area is 224 Å². The first-order chi connectivity index (χ1) is 17.1. The molecular weight excluding hydrogens is 436 g/mol. The Hall–Kier alpha value is -2.35. The molecule has 0 fully saturated rings. The van der Waals surface area contributed by atoms with E-state index in [2.05, 4.69) is 96.8 Å². The maximum Gasteiger partial charge on any atom is 0.0571 e. The molecule has 0 amide bonds. The maximum absolute atomic E-state index is 4.68. The minimum atomic E-state index is 0.573. The van der Waals surface area contributed by atoms with Crippen molar-refractivity contribution in [3.63, 3.8) is 0 Å². The van der Waals surface area contributed by atoms with Gasteiger partial charge in [-0.2, -0.15) is 0 Å². The molecule has 0 saturated carbocycles. The van der Waals surface area contributed by atoms with Crippen molar-refractivity contribution in [1.82, 2.24) is 4.90 Å². The molecule has 0 aromatic heterocycles. The van der Waals surface area contributed by atoms with Crippen LogP contribution in [0.2, 0.25) is 0 Å². The van der Waals surface area contributed by atoms with Crippen molar-refractivity contribution in [3.05, 3.63) is 72.5 Å². The predicted octanol–water partition coefficient (Wildman–Crippen LogP) is 9.89. The number of aliphatic imine (C=N–C) groups is 1. The zero-order valence-electron chi connectivity index (χ0n) is 24.7. The molecule has 0 radical (unpaired) electrons. The smallest absolute Gasteiger partial charge is 0.0571 e. The van der Waals surface area contributed by atoms with Crippen LogP contribution in [0.15, 0.2) is 55.2 Å². The highest BCUT2D eigenvalue weighted by Gasteiger charge is 2.21. The second kappa shape index (κ2) is 16.4. The minimum Gasteiger partial charge on any atom is -0.375 e. The molecule has 0 saturated heterocycles. The average Bonchev–Trinajstić information content (AvgIpc) is 2.83. The number of rotatable bonds is 18. The minimum absolute atomic E-state index is 0.573. The van der Waals surface area contributed by atoms with E-state index in [0.717, 1.165) is 49.2 Å². The molecule has 0 aliphatic carbocycles. The number of benzene rings is 1. The third-order valence-corrected chi connectivity index (χ3v) is 7.21. The summed E-state index contributed by atoms with van der Waals surface area (Å²) in [5, 5.41) is 0. The summed E-state index contributed by atoms with van der Waals surface area (Å²) in [5.41, 5.74) is 9.44. The van der Waals surface area contributed by atoms with Crippen LogP contribution in [0.1, 0.15) is 109 Å². The van der Waals surface area contributed by atoms with Crippen molar-refractivity contribution in [2.45, 2.75) is 93.4 Å². The molecule has 0 unspecified atom stereocenters. The molecule has 0 heterocycles. The van der Waals surface area contributed by atoms with Gasteiger partial charge in [-0.1, -0.05) is 84.4 Å². The fourth-order valence-electron chi connectivity index (χ4n) is 5.05. The van der Waals surface area contributed by atoms with E-state index in [1.165, 1.54) is 53.6 Å². The highest BCUT2D eigenvalue weighted by Crippen LogP contribution is 2.31. The SMILES string of the molecule is C=CCN=C(C)c1cc(C(=C)CCCN(CCC)C(=C)[C@H](CCCCC)C(C)C)c(C)cc1C(=C)C.